The summed E-state index contributed by atoms with van der Waals surface area (Å²) in [6, 6.07) is -0.863. The molecule has 1 rings (SSSR count). The molecule has 0 aromatic rings. The van der Waals surface area contributed by atoms with Crippen LogP contribution in [0.3, 0.4) is 0 Å². The van der Waals surface area contributed by atoms with Gasteiger partial charge < -0.3 is 20.1 Å². The van der Waals surface area contributed by atoms with E-state index in [0.29, 0.717) is 18.7 Å². The normalized spacial score (nSPS) is 19.2. The number of carbonyl (C=O) groups excluding carboxylic acids is 3. The van der Waals surface area contributed by atoms with Crippen molar-refractivity contribution >= 4 is 18.0 Å². The van der Waals surface area contributed by atoms with Crippen LogP contribution in [0, 0.1) is 5.92 Å². The third-order valence-electron chi connectivity index (χ3n) is 3.02. The molecule has 0 aliphatic carbocycles. The summed E-state index contributed by atoms with van der Waals surface area (Å²) >= 11 is 0. The average Bonchev–Trinajstić information content (AvgIpc) is 2.82. The molecule has 1 heterocycles. The molecule has 7 heteroatoms. The van der Waals surface area contributed by atoms with Gasteiger partial charge in [0.15, 0.2) is 0 Å². The first kappa shape index (κ1) is 17.0. The Morgan fingerprint density at radius 2 is 2.14 bits per heavy atom. The van der Waals surface area contributed by atoms with Crippen molar-refractivity contribution in [3.05, 3.63) is 5.70 Å². The van der Waals surface area contributed by atoms with Gasteiger partial charge in [-0.05, 0) is 33.6 Å². The largest absolute Gasteiger partial charge is 0.467 e. The lowest BCUT2D eigenvalue weighted by Gasteiger charge is -2.23. The molecule has 0 spiro atoms. The number of allylic oxidation sites excluding steroid dienone is 1. The summed E-state index contributed by atoms with van der Waals surface area (Å²) in [6.45, 7) is 5.84. The van der Waals surface area contributed by atoms with Gasteiger partial charge in [0.25, 0.3) is 0 Å². The summed E-state index contributed by atoms with van der Waals surface area (Å²) in [5, 5.41) is 5.40. The minimum atomic E-state index is -0.863. The van der Waals surface area contributed by atoms with Crippen molar-refractivity contribution in [3.63, 3.8) is 0 Å². The van der Waals surface area contributed by atoms with Gasteiger partial charge in [0, 0.05) is 12.5 Å². The molecule has 2 N–H and O–H groups in total. The van der Waals surface area contributed by atoms with Crippen molar-refractivity contribution in [1.29, 1.82) is 0 Å². The van der Waals surface area contributed by atoms with E-state index < -0.39 is 23.7 Å². The molecule has 21 heavy (non-hydrogen) atoms. The summed E-state index contributed by atoms with van der Waals surface area (Å²) in [5.41, 5.74) is -0.233. The summed E-state index contributed by atoms with van der Waals surface area (Å²) < 4.78 is 9.81. The fraction of sp³-hybridized carbons (Fsp3) is 0.714. The summed E-state index contributed by atoms with van der Waals surface area (Å²) in [4.78, 5) is 34.3. The van der Waals surface area contributed by atoms with Crippen LogP contribution in [0.4, 0.5) is 4.79 Å². The zero-order chi connectivity index (χ0) is 16.0. The molecule has 1 saturated heterocycles. The maximum absolute atomic E-state index is 11.8. The van der Waals surface area contributed by atoms with E-state index in [1.54, 1.807) is 20.8 Å². The van der Waals surface area contributed by atoms with Crippen LogP contribution in [0.2, 0.25) is 0 Å². The maximum Gasteiger partial charge on any atom is 0.408 e. The van der Waals surface area contributed by atoms with Gasteiger partial charge in [-0.3, -0.25) is 0 Å². The number of ether oxygens (including phenoxy) is 2. The Labute approximate surface area is 124 Å². The number of methoxy groups -OCH3 is 1. The predicted molar refractivity (Wildman–Crippen MR) is 75.1 cm³/mol. The van der Waals surface area contributed by atoms with Crippen LogP contribution < -0.4 is 10.6 Å². The van der Waals surface area contributed by atoms with Crippen LogP contribution in [0.25, 0.3) is 0 Å². The van der Waals surface area contributed by atoms with Crippen LogP contribution in [0.1, 0.15) is 33.6 Å². The third kappa shape index (κ3) is 5.47. The lowest BCUT2D eigenvalue weighted by molar-refractivity contribution is -0.143. The van der Waals surface area contributed by atoms with Crippen LogP contribution >= 0.6 is 0 Å². The first-order chi connectivity index (χ1) is 9.76. The lowest BCUT2D eigenvalue weighted by atomic mass is 9.97. The van der Waals surface area contributed by atoms with Crippen molar-refractivity contribution in [2.45, 2.75) is 45.3 Å². The van der Waals surface area contributed by atoms with Crippen LogP contribution in [0.5, 0.6) is 0 Å². The Bertz CT molecular complexity index is 449. The number of carbonyl (C=O) groups is 2. The van der Waals surface area contributed by atoms with Gasteiger partial charge in [0.2, 0.25) is 0 Å². The van der Waals surface area contributed by atoms with Crippen molar-refractivity contribution in [1.82, 2.24) is 10.6 Å². The highest BCUT2D eigenvalue weighted by Crippen LogP contribution is 2.23. The van der Waals surface area contributed by atoms with Gasteiger partial charge in [-0.15, -0.1) is 0 Å². The van der Waals surface area contributed by atoms with Gasteiger partial charge in [-0.2, -0.15) is 0 Å². The molecule has 0 radical (unpaired) electrons. The van der Waals surface area contributed by atoms with Gasteiger partial charge in [-0.25, -0.2) is 14.4 Å². The second-order valence-corrected chi connectivity index (χ2v) is 5.89. The maximum atomic E-state index is 11.8. The monoisotopic (exact) mass is 298 g/mol. The Morgan fingerprint density at radius 3 is 2.67 bits per heavy atom. The second kappa shape index (κ2) is 7.13. The smallest absolute Gasteiger partial charge is 0.408 e. The highest BCUT2D eigenvalue weighted by atomic mass is 16.6. The van der Waals surface area contributed by atoms with E-state index >= 15 is 0 Å². The Kier molecular flexibility index (Phi) is 5.79. The summed E-state index contributed by atoms with van der Waals surface area (Å²) in [5.74, 6) is 1.10. The lowest BCUT2D eigenvalue weighted by Crippen LogP contribution is -2.45. The second-order valence-electron chi connectivity index (χ2n) is 5.89. The number of nitrogens with one attached hydrogen (secondary N) is 2. The molecular formula is C14H22N2O5. The predicted octanol–water partition coefficient (Wildman–Crippen LogP) is 0.768. The van der Waals surface area contributed by atoms with Gasteiger partial charge in [-0.1, -0.05) is 0 Å². The molecule has 118 valence electrons. The van der Waals surface area contributed by atoms with Crippen molar-refractivity contribution in [3.8, 4) is 0 Å². The molecule has 7 nitrogen and oxygen atoms in total. The first-order valence-electron chi connectivity index (χ1n) is 6.83. The quantitative estimate of drug-likeness (QED) is 0.588. The number of esters is 1. The van der Waals surface area contributed by atoms with Crippen molar-refractivity contribution < 1.29 is 23.9 Å². The number of alkyl carbamates (subject to hydrolysis) is 1. The van der Waals surface area contributed by atoms with Crippen molar-refractivity contribution in [2.75, 3.05) is 13.7 Å². The summed E-state index contributed by atoms with van der Waals surface area (Å²) in [7, 11) is 1.25. The number of rotatable bonds is 4. The molecule has 1 aliphatic heterocycles. The van der Waals surface area contributed by atoms with E-state index in [1.807, 2.05) is 5.94 Å². The van der Waals surface area contributed by atoms with E-state index in [2.05, 4.69) is 15.4 Å². The number of hydrogen-bond donors (Lipinski definition) is 2. The highest BCUT2D eigenvalue weighted by Gasteiger charge is 2.31. The SMILES string of the molecule is COC(=O)C(C[C@@H]1CCNC1=C=O)NC(=O)OC(C)(C)C. The van der Waals surface area contributed by atoms with Gasteiger partial charge in [0.1, 0.15) is 17.6 Å². The van der Waals surface area contributed by atoms with E-state index in [0.717, 1.165) is 0 Å². The van der Waals surface area contributed by atoms with E-state index in [1.165, 1.54) is 7.11 Å². The van der Waals surface area contributed by atoms with Gasteiger partial charge >= 0.3 is 12.1 Å². The fourth-order valence-electron chi connectivity index (χ4n) is 2.12. The molecule has 0 bridgehead atoms. The average molecular weight is 298 g/mol. The molecule has 0 saturated carbocycles. The van der Waals surface area contributed by atoms with E-state index in [4.69, 9.17) is 4.74 Å². The standard InChI is InChI=1S/C14H22N2O5/c1-14(2,3)21-13(19)16-10(12(18)20-4)7-9-5-6-15-11(9)8-17/h9-10,15H,5-7H2,1-4H3,(H,16,19)/t9-,10?/m0/s1. The summed E-state index contributed by atoms with van der Waals surface area (Å²) in [6.07, 6.45) is 0.276. The van der Waals surface area contributed by atoms with E-state index in [9.17, 15) is 14.4 Å². The van der Waals surface area contributed by atoms with Crippen LogP contribution in [-0.2, 0) is 19.1 Å². The van der Waals surface area contributed by atoms with Crippen molar-refractivity contribution in [2.24, 2.45) is 5.92 Å². The Morgan fingerprint density at radius 1 is 1.48 bits per heavy atom. The molecule has 1 aliphatic rings. The molecular weight excluding hydrogens is 276 g/mol. The number of hydrogen-bond acceptors (Lipinski definition) is 6. The molecule has 0 aromatic heterocycles. The molecule has 1 unspecified atom stereocenters. The zero-order valence-corrected chi connectivity index (χ0v) is 12.8. The van der Waals surface area contributed by atoms with Gasteiger partial charge in [0.05, 0.1) is 12.8 Å². The fourth-order valence-corrected chi connectivity index (χ4v) is 2.12. The van der Waals surface area contributed by atoms with Crippen LogP contribution in [0.15, 0.2) is 5.70 Å². The van der Waals surface area contributed by atoms with Crippen LogP contribution in [-0.4, -0.2) is 43.3 Å². The molecule has 2 atom stereocenters. The van der Waals surface area contributed by atoms with E-state index in [-0.39, 0.29) is 12.3 Å². The minimum Gasteiger partial charge on any atom is -0.467 e. The first-order valence-corrected chi connectivity index (χ1v) is 6.83. The third-order valence-corrected chi connectivity index (χ3v) is 3.02. The minimum absolute atomic E-state index is 0.151. The Balaban J connectivity index is 2.70. The molecule has 1 fully saturated rings. The Hall–Kier alpha value is -2.01. The highest BCUT2D eigenvalue weighted by molar-refractivity contribution is 5.81. The molecule has 1 amide bonds. The molecule has 0 aromatic carbocycles. The topological polar surface area (TPSA) is 93.7 Å². The number of amides is 1. The zero-order valence-electron chi connectivity index (χ0n) is 12.8.